The highest BCUT2D eigenvalue weighted by Crippen LogP contribution is 2.09. The molecule has 0 aliphatic rings. The molecule has 0 aliphatic heterocycles. The summed E-state index contributed by atoms with van der Waals surface area (Å²) in [6.07, 6.45) is 1.95. The molecular formula is C15H16N4O. The summed E-state index contributed by atoms with van der Waals surface area (Å²) in [5, 5.41) is 16.6. The van der Waals surface area contributed by atoms with Crippen LogP contribution < -0.4 is 5.32 Å². The van der Waals surface area contributed by atoms with Gasteiger partial charge in [0.25, 0.3) is 0 Å². The molecule has 0 saturated carbocycles. The van der Waals surface area contributed by atoms with Gasteiger partial charge in [0, 0.05) is 12.7 Å². The number of nitrogens with one attached hydrogen (secondary N) is 1. The van der Waals surface area contributed by atoms with Gasteiger partial charge in [0.2, 0.25) is 5.95 Å². The van der Waals surface area contributed by atoms with Gasteiger partial charge >= 0.3 is 0 Å². The van der Waals surface area contributed by atoms with Crippen LogP contribution in [0.1, 0.15) is 16.7 Å². The number of aryl methyl sites for hydroxylation is 1. The second kappa shape index (κ2) is 5.30. The molecule has 2 N–H and O–H groups in total. The van der Waals surface area contributed by atoms with Gasteiger partial charge in [-0.25, -0.2) is 4.52 Å². The number of aliphatic hydroxyl groups is 1. The molecule has 0 aliphatic carbocycles. The molecule has 20 heavy (non-hydrogen) atoms. The first-order valence-corrected chi connectivity index (χ1v) is 6.50. The lowest BCUT2D eigenvalue weighted by atomic mass is 10.1. The summed E-state index contributed by atoms with van der Waals surface area (Å²) in [5.41, 5.74) is 4.01. The van der Waals surface area contributed by atoms with E-state index in [-0.39, 0.29) is 6.61 Å². The summed E-state index contributed by atoms with van der Waals surface area (Å²) in [7, 11) is 0. The normalized spacial score (nSPS) is 10.9. The van der Waals surface area contributed by atoms with Crippen molar-refractivity contribution in [3.05, 3.63) is 59.3 Å². The van der Waals surface area contributed by atoms with Crippen LogP contribution in [0.4, 0.5) is 5.95 Å². The van der Waals surface area contributed by atoms with E-state index in [4.69, 9.17) is 5.11 Å². The minimum atomic E-state index is 0.0705. The minimum absolute atomic E-state index is 0.0705. The van der Waals surface area contributed by atoms with E-state index in [9.17, 15) is 0 Å². The fourth-order valence-corrected chi connectivity index (χ4v) is 2.00. The number of hydrogen-bond donors (Lipinski definition) is 2. The number of benzene rings is 1. The first kappa shape index (κ1) is 12.6. The van der Waals surface area contributed by atoms with E-state index in [1.165, 1.54) is 0 Å². The molecule has 102 valence electrons. The van der Waals surface area contributed by atoms with Crippen molar-refractivity contribution in [1.29, 1.82) is 0 Å². The fraction of sp³-hybridized carbons (Fsp3) is 0.200. The Balaban J connectivity index is 1.72. The zero-order valence-electron chi connectivity index (χ0n) is 11.2. The van der Waals surface area contributed by atoms with Gasteiger partial charge in [0.1, 0.15) is 0 Å². The Morgan fingerprint density at radius 3 is 2.60 bits per heavy atom. The molecule has 0 unspecified atom stereocenters. The van der Waals surface area contributed by atoms with Crippen LogP contribution in [-0.2, 0) is 13.2 Å². The molecule has 0 spiro atoms. The van der Waals surface area contributed by atoms with Crippen molar-refractivity contribution in [2.75, 3.05) is 5.32 Å². The molecule has 0 atom stereocenters. The van der Waals surface area contributed by atoms with Crippen LogP contribution in [0.3, 0.4) is 0 Å². The summed E-state index contributed by atoms with van der Waals surface area (Å²) in [6.45, 7) is 2.75. The quantitative estimate of drug-likeness (QED) is 0.761. The summed E-state index contributed by atoms with van der Waals surface area (Å²) < 4.78 is 1.77. The topological polar surface area (TPSA) is 62.5 Å². The van der Waals surface area contributed by atoms with Gasteiger partial charge in [-0.05, 0) is 29.7 Å². The highest BCUT2D eigenvalue weighted by molar-refractivity contribution is 5.44. The Morgan fingerprint density at radius 1 is 1.10 bits per heavy atom. The first-order valence-electron chi connectivity index (χ1n) is 6.50. The Kier molecular flexibility index (Phi) is 3.35. The van der Waals surface area contributed by atoms with Gasteiger partial charge in [0.05, 0.1) is 6.61 Å². The van der Waals surface area contributed by atoms with E-state index < -0.39 is 0 Å². The number of nitrogens with zero attached hydrogens (tertiary/aromatic N) is 3. The number of fused-ring (bicyclic) bond motifs is 1. The van der Waals surface area contributed by atoms with Crippen molar-refractivity contribution in [1.82, 2.24) is 14.6 Å². The summed E-state index contributed by atoms with van der Waals surface area (Å²) in [4.78, 5) is 4.40. The highest BCUT2D eigenvalue weighted by atomic mass is 16.3. The number of rotatable bonds is 4. The maximum absolute atomic E-state index is 9.00. The molecule has 0 bridgehead atoms. The van der Waals surface area contributed by atoms with Crippen LogP contribution in [0.5, 0.6) is 0 Å². The molecule has 3 rings (SSSR count). The third-order valence-electron chi connectivity index (χ3n) is 3.14. The Labute approximate surface area is 116 Å². The average Bonchev–Trinajstić information content (AvgIpc) is 2.87. The molecule has 0 radical (unpaired) electrons. The lowest BCUT2D eigenvalue weighted by Crippen LogP contribution is -2.01. The Bertz CT molecular complexity index is 718. The Hall–Kier alpha value is -2.40. The van der Waals surface area contributed by atoms with E-state index >= 15 is 0 Å². The van der Waals surface area contributed by atoms with Crippen molar-refractivity contribution in [2.45, 2.75) is 20.1 Å². The molecular weight excluding hydrogens is 252 g/mol. The number of pyridine rings is 1. The van der Waals surface area contributed by atoms with Crippen molar-refractivity contribution in [3.63, 3.8) is 0 Å². The fourth-order valence-electron chi connectivity index (χ4n) is 2.00. The summed E-state index contributed by atoms with van der Waals surface area (Å²) >= 11 is 0. The molecule has 1 aromatic carbocycles. The molecule has 5 nitrogen and oxygen atoms in total. The molecule has 2 aromatic heterocycles. The van der Waals surface area contributed by atoms with Crippen LogP contribution >= 0.6 is 0 Å². The first-order chi connectivity index (χ1) is 9.74. The number of aromatic nitrogens is 3. The highest BCUT2D eigenvalue weighted by Gasteiger charge is 2.03. The van der Waals surface area contributed by atoms with E-state index in [2.05, 4.69) is 15.4 Å². The van der Waals surface area contributed by atoms with Crippen molar-refractivity contribution in [3.8, 4) is 0 Å². The molecule has 0 saturated heterocycles. The van der Waals surface area contributed by atoms with E-state index in [1.807, 2.05) is 49.5 Å². The summed E-state index contributed by atoms with van der Waals surface area (Å²) in [5.74, 6) is 0.613. The SMILES string of the molecule is Cc1ccc2nc(NCc3ccc(CO)cc3)nn2c1. The van der Waals surface area contributed by atoms with Gasteiger partial charge in [-0.15, -0.1) is 5.10 Å². The van der Waals surface area contributed by atoms with Crippen molar-refractivity contribution < 1.29 is 5.11 Å². The molecule has 0 fully saturated rings. The van der Waals surface area contributed by atoms with E-state index in [0.29, 0.717) is 12.5 Å². The smallest absolute Gasteiger partial charge is 0.243 e. The molecule has 5 heteroatoms. The van der Waals surface area contributed by atoms with E-state index in [0.717, 1.165) is 22.3 Å². The summed E-state index contributed by atoms with van der Waals surface area (Å²) in [6, 6.07) is 11.8. The zero-order valence-corrected chi connectivity index (χ0v) is 11.2. The number of hydrogen-bond acceptors (Lipinski definition) is 4. The lowest BCUT2D eigenvalue weighted by Gasteiger charge is -2.03. The predicted molar refractivity (Wildman–Crippen MR) is 77.4 cm³/mol. The van der Waals surface area contributed by atoms with Crippen LogP contribution in [0, 0.1) is 6.92 Å². The molecule has 2 heterocycles. The minimum Gasteiger partial charge on any atom is -0.392 e. The third-order valence-corrected chi connectivity index (χ3v) is 3.14. The zero-order chi connectivity index (χ0) is 13.9. The van der Waals surface area contributed by atoms with Crippen molar-refractivity contribution >= 4 is 11.6 Å². The second-order valence-electron chi connectivity index (χ2n) is 4.77. The van der Waals surface area contributed by atoms with Crippen LogP contribution in [0.25, 0.3) is 5.65 Å². The van der Waals surface area contributed by atoms with Gasteiger partial charge in [-0.1, -0.05) is 30.3 Å². The monoisotopic (exact) mass is 268 g/mol. The maximum Gasteiger partial charge on any atom is 0.243 e. The third kappa shape index (κ3) is 2.62. The number of anilines is 1. The van der Waals surface area contributed by atoms with Gasteiger partial charge in [-0.2, -0.15) is 4.98 Å². The Morgan fingerprint density at radius 2 is 1.85 bits per heavy atom. The lowest BCUT2D eigenvalue weighted by molar-refractivity contribution is 0.282. The van der Waals surface area contributed by atoms with Crippen LogP contribution in [-0.4, -0.2) is 19.7 Å². The average molecular weight is 268 g/mol. The number of aliphatic hydroxyl groups excluding tert-OH is 1. The van der Waals surface area contributed by atoms with Crippen molar-refractivity contribution in [2.24, 2.45) is 0 Å². The largest absolute Gasteiger partial charge is 0.392 e. The van der Waals surface area contributed by atoms with Gasteiger partial charge < -0.3 is 10.4 Å². The van der Waals surface area contributed by atoms with Gasteiger partial charge in [0.15, 0.2) is 5.65 Å². The van der Waals surface area contributed by atoms with E-state index in [1.54, 1.807) is 4.52 Å². The molecule has 0 amide bonds. The molecule has 3 aromatic rings. The maximum atomic E-state index is 9.00. The van der Waals surface area contributed by atoms with Gasteiger partial charge in [-0.3, -0.25) is 0 Å². The second-order valence-corrected chi connectivity index (χ2v) is 4.77. The standard InChI is InChI=1S/C15H16N4O/c1-11-2-7-14-17-15(18-19(14)9-11)16-8-12-3-5-13(10-20)6-4-12/h2-7,9,20H,8,10H2,1H3,(H,16,18). The predicted octanol–water partition coefficient (Wildman–Crippen LogP) is 2.14. The van der Waals surface area contributed by atoms with Crippen LogP contribution in [0.15, 0.2) is 42.6 Å². The van der Waals surface area contributed by atoms with Crippen LogP contribution in [0.2, 0.25) is 0 Å².